The van der Waals surface area contributed by atoms with Gasteiger partial charge in [0.25, 0.3) is 0 Å². The minimum atomic E-state index is -0.999. The molecule has 0 spiro atoms. The van der Waals surface area contributed by atoms with Crippen LogP contribution in [0, 0.1) is 5.41 Å². The molecule has 2 aromatic carbocycles. The lowest BCUT2D eigenvalue weighted by Gasteiger charge is -2.27. The Bertz CT molecular complexity index is 1010. The Labute approximate surface area is 199 Å². The summed E-state index contributed by atoms with van der Waals surface area (Å²) >= 11 is 0. The molecule has 182 valence electrons. The molecule has 0 aliphatic heterocycles. The van der Waals surface area contributed by atoms with E-state index >= 15 is 0 Å². The zero-order chi connectivity index (χ0) is 24.9. The van der Waals surface area contributed by atoms with Crippen molar-refractivity contribution in [2.24, 2.45) is 5.41 Å². The molecule has 2 atom stereocenters. The second kappa shape index (κ2) is 10.7. The Morgan fingerprint density at radius 2 is 1.59 bits per heavy atom. The average molecular weight is 469 g/mol. The van der Waals surface area contributed by atoms with Gasteiger partial charge >= 0.3 is 12.1 Å². The number of carboxylic acid groups (broad SMARTS) is 1. The molecule has 1 aliphatic rings. The number of nitrogens with one attached hydrogen (secondary N) is 2. The highest BCUT2D eigenvalue weighted by Crippen LogP contribution is 2.44. The fourth-order valence-corrected chi connectivity index (χ4v) is 4.21. The van der Waals surface area contributed by atoms with Gasteiger partial charge in [0.1, 0.15) is 12.6 Å². The topological polar surface area (TPSA) is 114 Å². The van der Waals surface area contributed by atoms with Crippen molar-refractivity contribution >= 4 is 18.0 Å². The molecule has 0 fully saturated rings. The summed E-state index contributed by atoms with van der Waals surface area (Å²) in [6.07, 6.45) is -1.45. The summed E-state index contributed by atoms with van der Waals surface area (Å²) in [7, 11) is 1.44. The lowest BCUT2D eigenvalue weighted by molar-refractivity contribution is -0.139. The van der Waals surface area contributed by atoms with E-state index in [2.05, 4.69) is 22.8 Å². The number of carboxylic acids is 1. The molecule has 2 amide bonds. The van der Waals surface area contributed by atoms with Crippen LogP contribution in [0.25, 0.3) is 11.1 Å². The molecule has 0 saturated carbocycles. The van der Waals surface area contributed by atoms with E-state index in [-0.39, 0.29) is 25.5 Å². The second-order valence-corrected chi connectivity index (χ2v) is 9.34. The van der Waals surface area contributed by atoms with Gasteiger partial charge in [-0.05, 0) is 34.6 Å². The number of hydrogen-bond donors (Lipinski definition) is 3. The van der Waals surface area contributed by atoms with E-state index in [1.807, 2.05) is 36.4 Å². The highest BCUT2D eigenvalue weighted by molar-refractivity contribution is 5.86. The summed E-state index contributed by atoms with van der Waals surface area (Å²) in [5.41, 5.74) is 3.79. The summed E-state index contributed by atoms with van der Waals surface area (Å²) in [4.78, 5) is 36.5. The SMILES string of the molecule is COC(C)C(NC(=O)OCC1c2ccccc2-c2ccccc21)C(=O)NCC(C)(C)CC(=O)O. The van der Waals surface area contributed by atoms with Gasteiger partial charge in [-0.25, -0.2) is 4.79 Å². The highest BCUT2D eigenvalue weighted by atomic mass is 16.5. The van der Waals surface area contributed by atoms with Gasteiger partial charge in [0.15, 0.2) is 0 Å². The molecular formula is C26H32N2O6. The van der Waals surface area contributed by atoms with Crippen LogP contribution in [0.1, 0.15) is 44.2 Å². The molecule has 0 radical (unpaired) electrons. The van der Waals surface area contributed by atoms with Crippen molar-refractivity contribution in [2.75, 3.05) is 20.3 Å². The number of amides is 2. The smallest absolute Gasteiger partial charge is 0.407 e. The van der Waals surface area contributed by atoms with E-state index in [0.717, 1.165) is 22.3 Å². The number of alkyl carbamates (subject to hydrolysis) is 1. The third kappa shape index (κ3) is 5.94. The summed E-state index contributed by atoms with van der Waals surface area (Å²) in [5, 5.41) is 14.4. The van der Waals surface area contributed by atoms with Gasteiger partial charge in [-0.3, -0.25) is 9.59 Å². The number of hydrogen-bond acceptors (Lipinski definition) is 5. The Morgan fingerprint density at radius 3 is 2.12 bits per heavy atom. The van der Waals surface area contributed by atoms with Crippen LogP contribution in [0.4, 0.5) is 4.79 Å². The number of ether oxygens (including phenoxy) is 2. The molecule has 34 heavy (non-hydrogen) atoms. The molecule has 3 N–H and O–H groups in total. The number of carbonyl (C=O) groups is 3. The van der Waals surface area contributed by atoms with Gasteiger partial charge < -0.3 is 25.2 Å². The monoisotopic (exact) mass is 468 g/mol. The molecule has 0 heterocycles. The Hall–Kier alpha value is -3.39. The summed E-state index contributed by atoms with van der Waals surface area (Å²) < 4.78 is 10.8. The van der Waals surface area contributed by atoms with Crippen LogP contribution in [0.15, 0.2) is 48.5 Å². The second-order valence-electron chi connectivity index (χ2n) is 9.34. The van der Waals surface area contributed by atoms with Crippen molar-refractivity contribution in [2.45, 2.75) is 45.3 Å². The number of carbonyl (C=O) groups excluding carboxylic acids is 2. The molecule has 2 aromatic rings. The predicted molar refractivity (Wildman–Crippen MR) is 128 cm³/mol. The van der Waals surface area contributed by atoms with Crippen molar-refractivity contribution in [3.63, 3.8) is 0 Å². The maximum absolute atomic E-state index is 12.8. The first kappa shape index (κ1) is 25.2. The van der Waals surface area contributed by atoms with E-state index < -0.39 is 35.5 Å². The number of fused-ring (bicyclic) bond motifs is 3. The normalized spacial score (nSPS) is 14.5. The van der Waals surface area contributed by atoms with Crippen LogP contribution in [-0.2, 0) is 19.1 Å². The van der Waals surface area contributed by atoms with Crippen LogP contribution in [-0.4, -0.2) is 55.5 Å². The maximum atomic E-state index is 12.8. The lowest BCUT2D eigenvalue weighted by atomic mass is 9.89. The standard InChI is InChI=1S/C26H32N2O6/c1-16(33-4)23(24(31)27-15-26(2,3)13-22(29)30)28-25(32)34-14-21-19-11-7-5-9-17(19)18-10-6-8-12-20(18)21/h5-12,16,21,23H,13-15H2,1-4H3,(H,27,31)(H,28,32)(H,29,30). The van der Waals surface area contributed by atoms with Crippen molar-refractivity contribution in [3.8, 4) is 11.1 Å². The zero-order valence-electron chi connectivity index (χ0n) is 20.0. The summed E-state index contributed by atoms with van der Waals surface area (Å²) in [5.74, 6) is -1.51. The lowest BCUT2D eigenvalue weighted by Crippen LogP contribution is -2.54. The van der Waals surface area contributed by atoms with E-state index in [0.29, 0.717) is 0 Å². The third-order valence-corrected chi connectivity index (χ3v) is 6.11. The van der Waals surface area contributed by atoms with Crippen LogP contribution in [0.2, 0.25) is 0 Å². The van der Waals surface area contributed by atoms with E-state index in [4.69, 9.17) is 14.6 Å². The maximum Gasteiger partial charge on any atom is 0.407 e. The number of aliphatic carboxylic acids is 1. The van der Waals surface area contributed by atoms with Gasteiger partial charge in [-0.15, -0.1) is 0 Å². The molecule has 0 bridgehead atoms. The minimum Gasteiger partial charge on any atom is -0.481 e. The fraction of sp³-hybridized carbons (Fsp3) is 0.423. The molecule has 0 aromatic heterocycles. The summed E-state index contributed by atoms with van der Waals surface area (Å²) in [6.45, 7) is 5.42. The van der Waals surface area contributed by atoms with Crippen molar-refractivity contribution < 1.29 is 29.0 Å². The first-order valence-electron chi connectivity index (χ1n) is 11.3. The molecule has 3 rings (SSSR count). The quantitative estimate of drug-likeness (QED) is 0.491. The minimum absolute atomic E-state index is 0.0953. The molecule has 8 heteroatoms. The predicted octanol–water partition coefficient (Wildman–Crippen LogP) is 3.55. The first-order chi connectivity index (χ1) is 16.1. The molecule has 2 unspecified atom stereocenters. The summed E-state index contributed by atoms with van der Waals surface area (Å²) in [6, 6.07) is 15.1. The van der Waals surface area contributed by atoms with E-state index in [1.165, 1.54) is 7.11 Å². The Balaban J connectivity index is 1.63. The molecule has 0 saturated heterocycles. The molecule has 1 aliphatic carbocycles. The highest BCUT2D eigenvalue weighted by Gasteiger charge is 2.32. The Morgan fingerprint density at radius 1 is 1.03 bits per heavy atom. The zero-order valence-corrected chi connectivity index (χ0v) is 20.0. The van der Waals surface area contributed by atoms with Crippen molar-refractivity contribution in [1.82, 2.24) is 10.6 Å². The van der Waals surface area contributed by atoms with E-state index in [9.17, 15) is 14.4 Å². The van der Waals surface area contributed by atoms with Gasteiger partial charge in [-0.1, -0.05) is 62.4 Å². The first-order valence-corrected chi connectivity index (χ1v) is 11.3. The van der Waals surface area contributed by atoms with Gasteiger partial charge in [-0.2, -0.15) is 0 Å². The van der Waals surface area contributed by atoms with Crippen LogP contribution >= 0.6 is 0 Å². The van der Waals surface area contributed by atoms with Crippen LogP contribution < -0.4 is 10.6 Å². The Kier molecular flexibility index (Phi) is 7.94. The fourth-order valence-electron chi connectivity index (χ4n) is 4.21. The van der Waals surface area contributed by atoms with Gasteiger partial charge in [0.2, 0.25) is 5.91 Å². The number of methoxy groups -OCH3 is 1. The third-order valence-electron chi connectivity index (χ3n) is 6.11. The van der Waals surface area contributed by atoms with Crippen LogP contribution in [0.3, 0.4) is 0 Å². The number of rotatable bonds is 10. The number of benzene rings is 2. The van der Waals surface area contributed by atoms with Gasteiger partial charge in [0, 0.05) is 19.6 Å². The van der Waals surface area contributed by atoms with Crippen molar-refractivity contribution in [1.29, 1.82) is 0 Å². The van der Waals surface area contributed by atoms with E-state index in [1.54, 1.807) is 20.8 Å². The van der Waals surface area contributed by atoms with Crippen LogP contribution in [0.5, 0.6) is 0 Å². The van der Waals surface area contributed by atoms with Crippen molar-refractivity contribution in [3.05, 3.63) is 59.7 Å². The molecule has 8 nitrogen and oxygen atoms in total. The van der Waals surface area contributed by atoms with Gasteiger partial charge in [0.05, 0.1) is 12.5 Å². The molecular weight excluding hydrogens is 436 g/mol. The largest absolute Gasteiger partial charge is 0.481 e. The average Bonchev–Trinajstić information content (AvgIpc) is 3.12.